The summed E-state index contributed by atoms with van der Waals surface area (Å²) in [6.45, 7) is 3.84. The number of imide groups is 2. The molecule has 7 nitrogen and oxygen atoms in total. The molecule has 0 bridgehead atoms. The van der Waals surface area contributed by atoms with Gasteiger partial charge in [-0.2, -0.15) is 5.26 Å². The van der Waals surface area contributed by atoms with E-state index in [2.05, 4.69) is 27.3 Å². The minimum Gasteiger partial charge on any atom is -0.308 e. The molecule has 9 heteroatoms. The van der Waals surface area contributed by atoms with Crippen molar-refractivity contribution in [1.29, 1.82) is 5.26 Å². The summed E-state index contributed by atoms with van der Waals surface area (Å²) < 4.78 is 2.83. The van der Waals surface area contributed by atoms with Crippen molar-refractivity contribution < 1.29 is 14.4 Å². The maximum Gasteiger partial charge on any atom is 0.335 e. The highest BCUT2D eigenvalue weighted by Crippen LogP contribution is 2.38. The first kappa shape index (κ1) is 23.3. The van der Waals surface area contributed by atoms with Gasteiger partial charge in [0.1, 0.15) is 16.6 Å². The van der Waals surface area contributed by atoms with Gasteiger partial charge < -0.3 is 4.57 Å². The number of halogens is 1. The first-order valence-electron chi connectivity index (χ1n) is 11.2. The lowest BCUT2D eigenvalue weighted by Crippen LogP contribution is -2.54. The van der Waals surface area contributed by atoms with Crippen LogP contribution in [-0.4, -0.2) is 22.4 Å². The molecule has 0 unspecified atom stereocenters. The highest BCUT2D eigenvalue weighted by Gasteiger charge is 2.37. The zero-order valence-corrected chi connectivity index (χ0v) is 21.5. The SMILES string of the molecule is Cc1cc(/C=C2\C(=O)NC(=O)N(c3ccc(Br)cc3)C2=O)c(C)n1-c1sc2c(c1C#N)CCCC2. The van der Waals surface area contributed by atoms with Crippen LogP contribution in [0.3, 0.4) is 0 Å². The van der Waals surface area contributed by atoms with Crippen molar-refractivity contribution in [2.24, 2.45) is 0 Å². The molecule has 1 fully saturated rings. The van der Waals surface area contributed by atoms with Gasteiger partial charge in [-0.05, 0) is 87.1 Å². The standard InChI is InChI=1S/C26H21BrN4O3S/c1-14-11-16(15(2)30(14)25-21(13-28)19-5-3-4-6-22(19)35-25)12-20-23(32)29-26(34)31(24(20)33)18-9-7-17(27)8-10-18/h7-12H,3-6H2,1-2H3,(H,29,32,34)/b20-12+. The Bertz CT molecular complexity index is 1470. The number of urea groups is 1. The number of thiophene rings is 1. The third-order valence-corrected chi connectivity index (χ3v) is 8.23. The van der Waals surface area contributed by atoms with Crippen LogP contribution in [0.2, 0.25) is 0 Å². The summed E-state index contributed by atoms with van der Waals surface area (Å²) in [4.78, 5) is 40.6. The molecule has 4 amide bonds. The number of aromatic nitrogens is 1. The third kappa shape index (κ3) is 3.93. The second kappa shape index (κ2) is 8.95. The van der Waals surface area contributed by atoms with Crippen molar-refractivity contribution in [2.45, 2.75) is 39.5 Å². The Morgan fingerprint density at radius 3 is 2.54 bits per heavy atom. The predicted molar refractivity (Wildman–Crippen MR) is 138 cm³/mol. The Morgan fingerprint density at radius 2 is 1.83 bits per heavy atom. The Morgan fingerprint density at radius 1 is 1.11 bits per heavy atom. The van der Waals surface area contributed by atoms with Crippen LogP contribution in [0.1, 0.15) is 45.8 Å². The number of nitrogens with zero attached hydrogens (tertiary/aromatic N) is 3. The molecule has 1 aliphatic heterocycles. The van der Waals surface area contributed by atoms with E-state index in [1.807, 2.05) is 24.5 Å². The van der Waals surface area contributed by atoms with E-state index >= 15 is 0 Å². The van der Waals surface area contributed by atoms with Gasteiger partial charge in [0.2, 0.25) is 0 Å². The van der Waals surface area contributed by atoms with Crippen molar-refractivity contribution in [2.75, 3.05) is 4.90 Å². The molecule has 1 aliphatic carbocycles. The van der Waals surface area contributed by atoms with Gasteiger partial charge in [0.15, 0.2) is 0 Å². The molecule has 3 aromatic rings. The average molecular weight is 549 g/mol. The molecule has 0 saturated carbocycles. The van der Waals surface area contributed by atoms with Crippen molar-refractivity contribution in [3.63, 3.8) is 0 Å². The number of nitrogens with one attached hydrogen (secondary N) is 1. The number of hydrogen-bond donors (Lipinski definition) is 1. The van der Waals surface area contributed by atoms with Crippen LogP contribution < -0.4 is 10.2 Å². The van der Waals surface area contributed by atoms with Crippen LogP contribution in [0.25, 0.3) is 11.1 Å². The fraction of sp³-hybridized carbons (Fsp3) is 0.231. The van der Waals surface area contributed by atoms with E-state index in [-0.39, 0.29) is 5.57 Å². The number of hydrogen-bond acceptors (Lipinski definition) is 5. The van der Waals surface area contributed by atoms with Gasteiger partial charge in [-0.3, -0.25) is 14.9 Å². The summed E-state index contributed by atoms with van der Waals surface area (Å²) in [5.41, 5.74) is 4.50. The molecule has 5 rings (SSSR count). The minimum absolute atomic E-state index is 0.126. The van der Waals surface area contributed by atoms with Crippen LogP contribution in [0.4, 0.5) is 10.5 Å². The van der Waals surface area contributed by atoms with E-state index in [1.165, 1.54) is 11.0 Å². The van der Waals surface area contributed by atoms with Crippen molar-refractivity contribution in [3.8, 4) is 11.1 Å². The number of carbonyl (C=O) groups is 3. The minimum atomic E-state index is -0.784. The molecule has 2 aromatic heterocycles. The van der Waals surface area contributed by atoms with Crippen LogP contribution in [0.15, 0.2) is 40.4 Å². The summed E-state index contributed by atoms with van der Waals surface area (Å²) in [5, 5.41) is 13.1. The molecule has 1 saturated heterocycles. The zero-order chi connectivity index (χ0) is 24.9. The molecule has 1 aromatic carbocycles. The Hall–Kier alpha value is -3.48. The van der Waals surface area contributed by atoms with Crippen LogP contribution in [-0.2, 0) is 22.4 Å². The van der Waals surface area contributed by atoms with Crippen molar-refractivity contribution >= 4 is 56.9 Å². The summed E-state index contributed by atoms with van der Waals surface area (Å²) >= 11 is 4.98. The number of rotatable bonds is 3. The van der Waals surface area contributed by atoms with E-state index in [1.54, 1.807) is 35.6 Å². The second-order valence-electron chi connectivity index (χ2n) is 8.60. The van der Waals surface area contributed by atoms with Gasteiger partial charge in [-0.15, -0.1) is 11.3 Å². The molecule has 35 heavy (non-hydrogen) atoms. The molecule has 0 spiro atoms. The third-order valence-electron chi connectivity index (χ3n) is 6.42. The first-order valence-corrected chi connectivity index (χ1v) is 12.8. The number of fused-ring (bicyclic) bond motifs is 1. The Balaban J connectivity index is 1.57. The monoisotopic (exact) mass is 548 g/mol. The quantitative estimate of drug-likeness (QED) is 0.353. The number of aryl methyl sites for hydroxylation is 2. The molecular formula is C26H21BrN4O3S. The fourth-order valence-electron chi connectivity index (χ4n) is 4.71. The fourth-order valence-corrected chi connectivity index (χ4v) is 6.42. The lowest BCUT2D eigenvalue weighted by atomic mass is 9.96. The summed E-state index contributed by atoms with van der Waals surface area (Å²) in [5.74, 6) is -1.42. The smallest absolute Gasteiger partial charge is 0.308 e. The highest BCUT2D eigenvalue weighted by atomic mass is 79.9. The van der Waals surface area contributed by atoms with Crippen LogP contribution in [0.5, 0.6) is 0 Å². The summed E-state index contributed by atoms with van der Waals surface area (Å²) in [6.07, 6.45) is 5.64. The molecule has 176 valence electrons. The van der Waals surface area contributed by atoms with Gasteiger partial charge in [0.25, 0.3) is 11.8 Å². The summed E-state index contributed by atoms with van der Waals surface area (Å²) in [6, 6.07) is 10.2. The highest BCUT2D eigenvalue weighted by molar-refractivity contribution is 9.10. The number of carbonyl (C=O) groups excluding carboxylic acids is 3. The predicted octanol–water partition coefficient (Wildman–Crippen LogP) is 5.34. The number of benzene rings is 1. The number of nitriles is 1. The van der Waals surface area contributed by atoms with Crippen LogP contribution in [0, 0.1) is 25.2 Å². The van der Waals surface area contributed by atoms with Crippen molar-refractivity contribution in [1.82, 2.24) is 9.88 Å². The lowest BCUT2D eigenvalue weighted by Gasteiger charge is -2.26. The van der Waals surface area contributed by atoms with Gasteiger partial charge >= 0.3 is 6.03 Å². The number of barbiturate groups is 1. The number of anilines is 1. The first-order chi connectivity index (χ1) is 16.8. The van der Waals surface area contributed by atoms with E-state index in [0.717, 1.165) is 57.0 Å². The molecule has 0 atom stereocenters. The summed E-state index contributed by atoms with van der Waals surface area (Å²) in [7, 11) is 0. The maximum absolute atomic E-state index is 13.3. The molecular weight excluding hydrogens is 528 g/mol. The van der Waals surface area contributed by atoms with Gasteiger partial charge in [-0.1, -0.05) is 15.9 Å². The molecule has 1 N–H and O–H groups in total. The van der Waals surface area contributed by atoms with E-state index in [9.17, 15) is 19.6 Å². The zero-order valence-electron chi connectivity index (χ0n) is 19.1. The van der Waals surface area contributed by atoms with Gasteiger partial charge in [0.05, 0.1) is 11.3 Å². The maximum atomic E-state index is 13.3. The largest absolute Gasteiger partial charge is 0.335 e. The Kier molecular flexibility index (Phi) is 5.95. The van der Waals surface area contributed by atoms with E-state index < -0.39 is 17.8 Å². The van der Waals surface area contributed by atoms with Gasteiger partial charge in [-0.25, -0.2) is 9.69 Å². The van der Waals surface area contributed by atoms with Crippen LogP contribution >= 0.6 is 27.3 Å². The Labute approximate surface area is 214 Å². The molecule has 0 radical (unpaired) electrons. The lowest BCUT2D eigenvalue weighted by molar-refractivity contribution is -0.122. The molecule has 3 heterocycles. The van der Waals surface area contributed by atoms with E-state index in [0.29, 0.717) is 16.8 Å². The normalized spacial score (nSPS) is 16.9. The second-order valence-corrected chi connectivity index (χ2v) is 10.6. The molecule has 2 aliphatic rings. The van der Waals surface area contributed by atoms with Crippen molar-refractivity contribution in [3.05, 3.63) is 73.3 Å². The average Bonchev–Trinajstić information content (AvgIpc) is 3.33. The number of amides is 4. The van der Waals surface area contributed by atoms with E-state index in [4.69, 9.17) is 0 Å². The van der Waals surface area contributed by atoms with Gasteiger partial charge in [0, 0.05) is 20.7 Å². The topological polar surface area (TPSA) is 95.2 Å².